The van der Waals surface area contributed by atoms with E-state index in [4.69, 9.17) is 0 Å². The van der Waals surface area contributed by atoms with Crippen LogP contribution in [0.2, 0.25) is 0 Å². The van der Waals surface area contributed by atoms with E-state index in [1.165, 1.54) is 4.90 Å². The second kappa shape index (κ2) is 11.4. The standard InChI is InChI=1S/C18H33F3N4/c1-4-6-7-12-24(3)17(22-5-2)23-11-8-16-9-13-25(14-10-16)15-18(19,20)21/h4,16H,1,5-15H2,2-3H3,(H,22,23). The van der Waals surface area contributed by atoms with Crippen LogP contribution in [0.4, 0.5) is 13.2 Å². The van der Waals surface area contributed by atoms with Gasteiger partial charge in [0, 0.05) is 26.7 Å². The van der Waals surface area contributed by atoms with Crippen LogP contribution in [0, 0.1) is 5.92 Å². The molecule has 0 aromatic carbocycles. The molecule has 1 N–H and O–H groups in total. The van der Waals surface area contributed by atoms with Crippen molar-refractivity contribution in [1.29, 1.82) is 0 Å². The molecule has 0 saturated carbocycles. The number of halogens is 3. The van der Waals surface area contributed by atoms with Gasteiger partial charge in [0.1, 0.15) is 0 Å². The first kappa shape index (κ1) is 21.8. The highest BCUT2D eigenvalue weighted by atomic mass is 19.4. The van der Waals surface area contributed by atoms with Crippen LogP contribution < -0.4 is 5.32 Å². The fraction of sp³-hybridized carbons (Fsp3) is 0.833. The molecule has 1 aliphatic heterocycles. The smallest absolute Gasteiger partial charge is 0.357 e. The van der Waals surface area contributed by atoms with Crippen LogP contribution >= 0.6 is 0 Å². The van der Waals surface area contributed by atoms with Crippen molar-refractivity contribution >= 4 is 5.96 Å². The van der Waals surface area contributed by atoms with Gasteiger partial charge in [-0.3, -0.25) is 9.89 Å². The van der Waals surface area contributed by atoms with Gasteiger partial charge in [-0.15, -0.1) is 6.58 Å². The molecule has 1 rings (SSSR count). The summed E-state index contributed by atoms with van der Waals surface area (Å²) >= 11 is 0. The Labute approximate surface area is 150 Å². The van der Waals surface area contributed by atoms with Crippen LogP contribution in [0.5, 0.6) is 0 Å². The van der Waals surface area contributed by atoms with E-state index in [9.17, 15) is 13.2 Å². The minimum Gasteiger partial charge on any atom is -0.357 e. The number of aliphatic imine (C=N–C) groups is 1. The van der Waals surface area contributed by atoms with Crippen LogP contribution in [-0.4, -0.2) is 68.3 Å². The average molecular weight is 362 g/mol. The maximum atomic E-state index is 12.4. The number of rotatable bonds is 9. The molecule has 0 amide bonds. The summed E-state index contributed by atoms with van der Waals surface area (Å²) in [7, 11) is 2.03. The molecule has 1 fully saturated rings. The third-order valence-corrected chi connectivity index (χ3v) is 4.51. The number of alkyl halides is 3. The van der Waals surface area contributed by atoms with Gasteiger partial charge in [-0.25, -0.2) is 0 Å². The summed E-state index contributed by atoms with van der Waals surface area (Å²) < 4.78 is 37.2. The third-order valence-electron chi connectivity index (χ3n) is 4.51. The van der Waals surface area contributed by atoms with E-state index in [0.29, 0.717) is 19.0 Å². The Morgan fingerprint density at radius 3 is 2.60 bits per heavy atom. The highest BCUT2D eigenvalue weighted by molar-refractivity contribution is 5.79. The molecule has 0 unspecified atom stereocenters. The monoisotopic (exact) mass is 362 g/mol. The van der Waals surface area contributed by atoms with E-state index >= 15 is 0 Å². The van der Waals surface area contributed by atoms with Crippen LogP contribution in [0.15, 0.2) is 17.6 Å². The molecule has 0 aromatic rings. The lowest BCUT2D eigenvalue weighted by Crippen LogP contribution is -2.40. The first-order chi connectivity index (χ1) is 11.9. The molecule has 4 nitrogen and oxygen atoms in total. The van der Waals surface area contributed by atoms with Gasteiger partial charge in [0.15, 0.2) is 5.96 Å². The van der Waals surface area contributed by atoms with Gasteiger partial charge in [-0.1, -0.05) is 6.08 Å². The minimum atomic E-state index is -4.09. The van der Waals surface area contributed by atoms with E-state index in [0.717, 1.165) is 57.7 Å². The molecule has 0 radical (unpaired) electrons. The van der Waals surface area contributed by atoms with Gasteiger partial charge in [-0.05, 0) is 58.0 Å². The largest absolute Gasteiger partial charge is 0.401 e. The molecule has 1 aliphatic rings. The van der Waals surface area contributed by atoms with E-state index in [-0.39, 0.29) is 0 Å². The van der Waals surface area contributed by atoms with Crippen molar-refractivity contribution in [3.05, 3.63) is 12.7 Å². The predicted molar refractivity (Wildman–Crippen MR) is 97.9 cm³/mol. The van der Waals surface area contributed by atoms with Crippen molar-refractivity contribution in [1.82, 2.24) is 15.1 Å². The fourth-order valence-corrected chi connectivity index (χ4v) is 3.09. The Balaban J connectivity index is 2.34. The molecular formula is C18H33F3N4. The molecule has 0 bridgehead atoms. The molecule has 0 aromatic heterocycles. The van der Waals surface area contributed by atoms with Crippen LogP contribution in [0.25, 0.3) is 0 Å². The van der Waals surface area contributed by atoms with Crippen LogP contribution in [-0.2, 0) is 0 Å². The van der Waals surface area contributed by atoms with E-state index < -0.39 is 12.7 Å². The number of nitrogens with zero attached hydrogens (tertiary/aromatic N) is 3. The number of piperidine rings is 1. The Morgan fingerprint density at radius 2 is 2.04 bits per heavy atom. The lowest BCUT2D eigenvalue weighted by molar-refractivity contribution is -0.148. The summed E-state index contributed by atoms with van der Waals surface area (Å²) in [5.41, 5.74) is 0. The summed E-state index contributed by atoms with van der Waals surface area (Å²) in [5, 5.41) is 3.30. The van der Waals surface area contributed by atoms with Crippen molar-refractivity contribution in [2.75, 3.05) is 46.3 Å². The Morgan fingerprint density at radius 1 is 1.36 bits per heavy atom. The van der Waals surface area contributed by atoms with E-state index in [2.05, 4.69) is 21.8 Å². The predicted octanol–water partition coefficient (Wildman–Crippen LogP) is 3.51. The highest BCUT2D eigenvalue weighted by Gasteiger charge is 2.32. The Hall–Kier alpha value is -1.24. The molecule has 0 atom stereocenters. The maximum Gasteiger partial charge on any atom is 0.401 e. The van der Waals surface area contributed by atoms with Gasteiger partial charge in [0.2, 0.25) is 0 Å². The number of likely N-dealkylation sites (tertiary alicyclic amines) is 1. The molecule has 0 aliphatic carbocycles. The first-order valence-corrected chi connectivity index (χ1v) is 9.25. The summed E-state index contributed by atoms with van der Waals surface area (Å²) in [6.07, 6.45) is 2.46. The van der Waals surface area contributed by atoms with E-state index in [1.807, 2.05) is 20.0 Å². The SMILES string of the molecule is C=CCCCN(C)C(=NCCC1CCN(CC(F)(F)F)CC1)NCC. The zero-order chi connectivity index (χ0) is 18.7. The zero-order valence-corrected chi connectivity index (χ0v) is 15.6. The van der Waals surface area contributed by atoms with Crippen LogP contribution in [0.3, 0.4) is 0 Å². The summed E-state index contributed by atoms with van der Waals surface area (Å²) in [4.78, 5) is 8.31. The number of guanidine groups is 1. The van der Waals surface area contributed by atoms with Gasteiger partial charge >= 0.3 is 6.18 Å². The van der Waals surface area contributed by atoms with Gasteiger partial charge in [-0.2, -0.15) is 13.2 Å². The second-order valence-corrected chi connectivity index (χ2v) is 6.71. The second-order valence-electron chi connectivity index (χ2n) is 6.71. The Kier molecular flexibility index (Phi) is 9.93. The number of allylic oxidation sites excluding steroid dienone is 1. The quantitative estimate of drug-likeness (QED) is 0.295. The highest BCUT2D eigenvalue weighted by Crippen LogP contribution is 2.24. The number of nitrogens with one attached hydrogen (secondary N) is 1. The number of unbranched alkanes of at least 4 members (excludes halogenated alkanes) is 1. The topological polar surface area (TPSA) is 30.9 Å². The van der Waals surface area contributed by atoms with Gasteiger partial charge in [0.25, 0.3) is 0 Å². The maximum absolute atomic E-state index is 12.4. The summed E-state index contributed by atoms with van der Waals surface area (Å²) in [5.74, 6) is 1.38. The van der Waals surface area contributed by atoms with Gasteiger partial charge < -0.3 is 10.2 Å². The first-order valence-electron chi connectivity index (χ1n) is 9.25. The average Bonchev–Trinajstić information content (AvgIpc) is 2.54. The molecule has 1 saturated heterocycles. The lowest BCUT2D eigenvalue weighted by atomic mass is 9.93. The van der Waals surface area contributed by atoms with E-state index in [1.54, 1.807) is 0 Å². The van der Waals surface area contributed by atoms with Crippen molar-refractivity contribution in [3.63, 3.8) is 0 Å². The third kappa shape index (κ3) is 9.72. The van der Waals surface area contributed by atoms with Crippen molar-refractivity contribution in [2.45, 2.75) is 45.2 Å². The number of hydrogen-bond acceptors (Lipinski definition) is 2. The van der Waals surface area contributed by atoms with Crippen molar-refractivity contribution < 1.29 is 13.2 Å². The normalized spacial score (nSPS) is 17.6. The van der Waals surface area contributed by atoms with Crippen molar-refractivity contribution in [2.24, 2.45) is 10.9 Å². The van der Waals surface area contributed by atoms with Crippen molar-refractivity contribution in [3.8, 4) is 0 Å². The summed E-state index contributed by atoms with van der Waals surface area (Å²) in [6, 6.07) is 0. The number of hydrogen-bond donors (Lipinski definition) is 1. The molecule has 7 heteroatoms. The minimum absolute atomic E-state index is 0.474. The zero-order valence-electron chi connectivity index (χ0n) is 15.6. The molecule has 0 spiro atoms. The molecule has 146 valence electrons. The molecule has 1 heterocycles. The molecule has 25 heavy (non-hydrogen) atoms. The fourth-order valence-electron chi connectivity index (χ4n) is 3.09. The summed E-state index contributed by atoms with van der Waals surface area (Å²) in [6.45, 7) is 8.54. The lowest BCUT2D eigenvalue weighted by Gasteiger charge is -2.32. The van der Waals surface area contributed by atoms with Gasteiger partial charge in [0.05, 0.1) is 6.54 Å². The van der Waals surface area contributed by atoms with Crippen LogP contribution in [0.1, 0.15) is 39.0 Å². The molecular weight excluding hydrogens is 329 g/mol. The Bertz CT molecular complexity index is 402.